The molecule has 0 spiro atoms. The van der Waals surface area contributed by atoms with E-state index in [1.807, 2.05) is 0 Å². The van der Waals surface area contributed by atoms with Crippen LogP contribution < -0.4 is 14.4 Å². The second kappa shape index (κ2) is 10.9. The second-order valence-electron chi connectivity index (χ2n) is 7.75. The smallest absolute Gasteiger partial charge is 0.264 e. The van der Waals surface area contributed by atoms with Gasteiger partial charge in [0.05, 0.1) is 38.9 Å². The van der Waals surface area contributed by atoms with Crippen LogP contribution in [0.1, 0.15) is 17.3 Å². The van der Waals surface area contributed by atoms with Crippen molar-refractivity contribution < 1.29 is 26.4 Å². The van der Waals surface area contributed by atoms with Crippen molar-refractivity contribution >= 4 is 48.9 Å². The van der Waals surface area contributed by atoms with E-state index in [1.54, 1.807) is 37.3 Å². The molecule has 1 N–H and O–H groups in total. The molecule has 0 aromatic heterocycles. The standard InChI is InChI=1S/C24H26ClN3O6S2/c1-5-28(17-9-7-6-8-10-17)36(32,33)18-11-13-21(25)20(15-18)24(29)26-22-16-19(12-14-23(22)34-4)35(30,31)27(2)3/h6-16H,5H2,1-4H3,(H,26,29). The first kappa shape index (κ1) is 27.5. The molecular formula is C24H26ClN3O6S2. The molecule has 9 nitrogen and oxygen atoms in total. The number of ether oxygens (including phenoxy) is 1. The fraction of sp³-hybridized carbons (Fsp3) is 0.208. The first-order chi connectivity index (χ1) is 16.9. The van der Waals surface area contributed by atoms with Crippen molar-refractivity contribution in [1.82, 2.24) is 4.31 Å². The maximum absolute atomic E-state index is 13.4. The van der Waals surface area contributed by atoms with E-state index >= 15 is 0 Å². The number of nitrogens with one attached hydrogen (secondary N) is 1. The van der Waals surface area contributed by atoms with E-state index in [9.17, 15) is 21.6 Å². The molecule has 1 amide bonds. The molecule has 3 aromatic carbocycles. The maximum atomic E-state index is 13.4. The highest BCUT2D eigenvalue weighted by Gasteiger charge is 2.26. The zero-order chi connectivity index (χ0) is 26.7. The average Bonchev–Trinajstić information content (AvgIpc) is 2.84. The van der Waals surface area contributed by atoms with Gasteiger partial charge in [-0.3, -0.25) is 9.10 Å². The first-order valence-corrected chi connectivity index (χ1v) is 14.0. The number of nitrogens with zero attached hydrogens (tertiary/aromatic N) is 2. The van der Waals surface area contributed by atoms with Crippen molar-refractivity contribution in [3.8, 4) is 5.75 Å². The summed E-state index contributed by atoms with van der Waals surface area (Å²) < 4.78 is 59.4. The van der Waals surface area contributed by atoms with Crippen molar-refractivity contribution in [2.24, 2.45) is 0 Å². The largest absolute Gasteiger partial charge is 0.495 e. The Labute approximate surface area is 216 Å². The van der Waals surface area contributed by atoms with E-state index in [2.05, 4.69) is 5.32 Å². The predicted octanol–water partition coefficient (Wildman–Crippen LogP) is 4.07. The van der Waals surface area contributed by atoms with Crippen LogP contribution in [-0.2, 0) is 20.0 Å². The summed E-state index contributed by atoms with van der Waals surface area (Å²) in [5.41, 5.74) is 0.448. The van der Waals surface area contributed by atoms with E-state index in [1.165, 1.54) is 61.9 Å². The summed E-state index contributed by atoms with van der Waals surface area (Å²) >= 11 is 6.25. The molecule has 0 bridgehead atoms. The normalized spacial score (nSPS) is 11.8. The summed E-state index contributed by atoms with van der Waals surface area (Å²) in [6, 6.07) is 16.4. The SMILES string of the molecule is CCN(c1ccccc1)S(=O)(=O)c1ccc(Cl)c(C(=O)Nc2cc(S(=O)(=O)N(C)C)ccc2OC)c1. The minimum Gasteiger partial charge on any atom is -0.495 e. The van der Waals surface area contributed by atoms with E-state index in [4.69, 9.17) is 16.3 Å². The molecule has 12 heteroatoms. The van der Waals surface area contributed by atoms with Crippen LogP contribution in [0.2, 0.25) is 5.02 Å². The summed E-state index contributed by atoms with van der Waals surface area (Å²) in [4.78, 5) is 13.0. The van der Waals surface area contributed by atoms with Crippen LogP contribution in [0.4, 0.5) is 11.4 Å². The zero-order valence-corrected chi connectivity index (χ0v) is 22.5. The lowest BCUT2D eigenvalue weighted by atomic mass is 10.2. The van der Waals surface area contributed by atoms with E-state index in [-0.39, 0.29) is 38.4 Å². The lowest BCUT2D eigenvalue weighted by Gasteiger charge is -2.23. The molecule has 192 valence electrons. The zero-order valence-electron chi connectivity index (χ0n) is 20.1. The Balaban J connectivity index is 2.01. The highest BCUT2D eigenvalue weighted by Crippen LogP contribution is 2.31. The van der Waals surface area contributed by atoms with Gasteiger partial charge in [-0.1, -0.05) is 29.8 Å². The van der Waals surface area contributed by atoms with Crippen molar-refractivity contribution in [2.75, 3.05) is 37.4 Å². The monoisotopic (exact) mass is 551 g/mol. The van der Waals surface area contributed by atoms with Crippen molar-refractivity contribution in [3.05, 3.63) is 77.3 Å². The van der Waals surface area contributed by atoms with Gasteiger partial charge in [-0.05, 0) is 55.5 Å². The van der Waals surface area contributed by atoms with E-state index in [0.717, 1.165) is 4.31 Å². The maximum Gasteiger partial charge on any atom is 0.264 e. The molecule has 0 aliphatic rings. The quantitative estimate of drug-likeness (QED) is 0.429. The summed E-state index contributed by atoms with van der Waals surface area (Å²) in [5.74, 6) is -0.528. The van der Waals surface area contributed by atoms with Gasteiger partial charge in [0.1, 0.15) is 5.75 Å². The van der Waals surface area contributed by atoms with Gasteiger partial charge < -0.3 is 10.1 Å². The van der Waals surface area contributed by atoms with Gasteiger partial charge in [-0.2, -0.15) is 0 Å². The van der Waals surface area contributed by atoms with Gasteiger partial charge >= 0.3 is 0 Å². The van der Waals surface area contributed by atoms with Crippen LogP contribution in [0.15, 0.2) is 76.5 Å². The molecule has 0 unspecified atom stereocenters. The molecule has 0 radical (unpaired) electrons. The van der Waals surface area contributed by atoms with Crippen LogP contribution in [0.3, 0.4) is 0 Å². The number of hydrogen-bond donors (Lipinski definition) is 1. The number of methoxy groups -OCH3 is 1. The van der Waals surface area contributed by atoms with E-state index in [0.29, 0.717) is 5.69 Å². The molecule has 0 saturated carbocycles. The highest BCUT2D eigenvalue weighted by molar-refractivity contribution is 7.92. The number of anilines is 2. The number of sulfonamides is 2. The summed E-state index contributed by atoms with van der Waals surface area (Å²) in [7, 11) is -3.65. The lowest BCUT2D eigenvalue weighted by Crippen LogP contribution is -2.31. The molecule has 0 heterocycles. The minimum absolute atomic E-state index is 0.0187. The molecule has 0 fully saturated rings. The van der Waals surface area contributed by atoms with Gasteiger partial charge in [-0.15, -0.1) is 0 Å². The molecule has 0 aliphatic heterocycles. The number of rotatable bonds is 9. The number of halogens is 1. The molecule has 0 aliphatic carbocycles. The fourth-order valence-corrected chi connectivity index (χ4v) is 6.03. The Kier molecular flexibility index (Phi) is 8.29. The Morgan fingerprint density at radius 2 is 1.53 bits per heavy atom. The minimum atomic E-state index is -4.01. The van der Waals surface area contributed by atoms with Gasteiger partial charge in [0.15, 0.2) is 0 Å². The molecule has 3 rings (SSSR count). The number of para-hydroxylation sites is 1. The van der Waals surface area contributed by atoms with Crippen LogP contribution in [0.25, 0.3) is 0 Å². The van der Waals surface area contributed by atoms with Crippen molar-refractivity contribution in [2.45, 2.75) is 16.7 Å². The highest BCUT2D eigenvalue weighted by atomic mass is 35.5. The van der Waals surface area contributed by atoms with Crippen molar-refractivity contribution in [1.29, 1.82) is 0 Å². The van der Waals surface area contributed by atoms with Gasteiger partial charge in [0.2, 0.25) is 10.0 Å². The third-order valence-electron chi connectivity index (χ3n) is 5.30. The topological polar surface area (TPSA) is 113 Å². The third kappa shape index (κ3) is 5.49. The Morgan fingerprint density at radius 3 is 2.11 bits per heavy atom. The molecule has 0 saturated heterocycles. The number of benzene rings is 3. The van der Waals surface area contributed by atoms with Crippen LogP contribution >= 0.6 is 11.6 Å². The average molecular weight is 552 g/mol. The number of amides is 1. The molecule has 36 heavy (non-hydrogen) atoms. The number of carbonyl (C=O) groups excluding carboxylic acids is 1. The van der Waals surface area contributed by atoms with Gasteiger partial charge in [0, 0.05) is 20.6 Å². The summed E-state index contributed by atoms with van der Waals surface area (Å²) in [6.45, 7) is 1.87. The first-order valence-electron chi connectivity index (χ1n) is 10.7. The van der Waals surface area contributed by atoms with Crippen LogP contribution in [-0.4, -0.2) is 54.8 Å². The van der Waals surface area contributed by atoms with Crippen LogP contribution in [0.5, 0.6) is 5.75 Å². The van der Waals surface area contributed by atoms with Crippen LogP contribution in [0, 0.1) is 0 Å². The Hall–Kier alpha value is -3.12. The van der Waals surface area contributed by atoms with Crippen molar-refractivity contribution in [3.63, 3.8) is 0 Å². The summed E-state index contributed by atoms with van der Waals surface area (Å²) in [5, 5.41) is 2.60. The molecular weight excluding hydrogens is 526 g/mol. The van der Waals surface area contributed by atoms with Gasteiger partial charge in [-0.25, -0.2) is 21.1 Å². The number of hydrogen-bond acceptors (Lipinski definition) is 6. The summed E-state index contributed by atoms with van der Waals surface area (Å²) in [6.07, 6.45) is 0. The number of carbonyl (C=O) groups is 1. The second-order valence-corrected chi connectivity index (χ2v) is 12.2. The predicted molar refractivity (Wildman–Crippen MR) is 140 cm³/mol. The van der Waals surface area contributed by atoms with E-state index < -0.39 is 26.0 Å². The lowest BCUT2D eigenvalue weighted by molar-refractivity contribution is 0.102. The Bertz CT molecular complexity index is 1480. The Morgan fingerprint density at radius 1 is 0.917 bits per heavy atom. The molecule has 3 aromatic rings. The third-order valence-corrected chi connectivity index (χ3v) is 9.34. The molecule has 0 atom stereocenters. The van der Waals surface area contributed by atoms with Gasteiger partial charge in [0.25, 0.3) is 15.9 Å². The fourth-order valence-electron chi connectivity index (χ4n) is 3.40.